The van der Waals surface area contributed by atoms with Crippen LogP contribution in [0.5, 0.6) is 5.88 Å². The molecule has 19 heavy (non-hydrogen) atoms. The highest BCUT2D eigenvalue weighted by Gasteiger charge is 2.15. The zero-order chi connectivity index (χ0) is 14.0. The van der Waals surface area contributed by atoms with Crippen molar-refractivity contribution in [3.05, 3.63) is 35.3 Å². The number of carbonyl (C=O) groups excluding carboxylic acids is 1. The summed E-state index contributed by atoms with van der Waals surface area (Å²) in [6, 6.07) is 0. The van der Waals surface area contributed by atoms with Gasteiger partial charge in [0, 0.05) is 17.5 Å². The normalized spacial score (nSPS) is 11.4. The summed E-state index contributed by atoms with van der Waals surface area (Å²) in [5, 5.41) is 0. The minimum absolute atomic E-state index is 0.121. The maximum atomic E-state index is 11.8. The van der Waals surface area contributed by atoms with Crippen LogP contribution in [-0.4, -0.2) is 27.3 Å². The summed E-state index contributed by atoms with van der Waals surface area (Å²) < 4.78 is 7.11. The molecule has 0 amide bonds. The van der Waals surface area contributed by atoms with E-state index in [2.05, 4.69) is 9.97 Å². The Morgan fingerprint density at radius 3 is 2.79 bits per heavy atom. The first-order valence-corrected chi connectivity index (χ1v) is 6.22. The second kappa shape index (κ2) is 5.22. The van der Waals surface area contributed by atoms with Gasteiger partial charge < -0.3 is 4.74 Å². The quantitative estimate of drug-likeness (QED) is 0.625. The van der Waals surface area contributed by atoms with Crippen LogP contribution in [0.1, 0.15) is 35.6 Å². The predicted molar refractivity (Wildman–Crippen MR) is 72.8 cm³/mol. The van der Waals surface area contributed by atoms with E-state index in [1.165, 1.54) is 6.08 Å². The molecule has 0 aliphatic carbocycles. The lowest BCUT2D eigenvalue weighted by molar-refractivity contribution is 0.104. The van der Waals surface area contributed by atoms with Gasteiger partial charge in [0.2, 0.25) is 17.4 Å². The molecule has 2 aromatic rings. The molecule has 0 unspecified atom stereocenters. The summed E-state index contributed by atoms with van der Waals surface area (Å²) in [7, 11) is 1.59. The Morgan fingerprint density at radius 2 is 2.21 bits per heavy atom. The number of imidazole rings is 1. The molecule has 0 saturated heterocycles. The molecular weight excluding hydrogens is 242 g/mol. The first-order chi connectivity index (χ1) is 9.12. The average Bonchev–Trinajstić information content (AvgIpc) is 2.83. The molecule has 0 saturated carbocycles. The molecule has 0 fully saturated rings. The van der Waals surface area contributed by atoms with Crippen LogP contribution in [0.4, 0.5) is 0 Å². The maximum absolute atomic E-state index is 11.8. The predicted octanol–water partition coefficient (Wildman–Crippen LogP) is 2.37. The van der Waals surface area contributed by atoms with Crippen LogP contribution in [0.25, 0.3) is 5.78 Å². The van der Waals surface area contributed by atoms with Crippen LogP contribution in [-0.2, 0) is 6.42 Å². The lowest BCUT2D eigenvalue weighted by Crippen LogP contribution is -2.03. The van der Waals surface area contributed by atoms with Crippen LogP contribution in [0.2, 0.25) is 0 Å². The van der Waals surface area contributed by atoms with E-state index in [0.29, 0.717) is 17.4 Å². The fourth-order valence-electron chi connectivity index (χ4n) is 2.09. The zero-order valence-corrected chi connectivity index (χ0v) is 11.6. The Bertz CT molecular complexity index is 656. The molecule has 0 aliphatic rings. The van der Waals surface area contributed by atoms with Gasteiger partial charge >= 0.3 is 0 Å². The SMILES string of the molecule is CC=CC(=O)c1cn2c(C)c(CC)c(OC)nc2n1. The monoisotopic (exact) mass is 259 g/mol. The van der Waals surface area contributed by atoms with Gasteiger partial charge in [-0.05, 0) is 26.3 Å². The summed E-state index contributed by atoms with van der Waals surface area (Å²) in [6.07, 6.45) is 5.73. The largest absolute Gasteiger partial charge is 0.481 e. The first kappa shape index (κ1) is 13.3. The molecule has 0 N–H and O–H groups in total. The Morgan fingerprint density at radius 1 is 1.47 bits per heavy atom. The van der Waals surface area contributed by atoms with Gasteiger partial charge in [-0.25, -0.2) is 4.98 Å². The van der Waals surface area contributed by atoms with Gasteiger partial charge in [-0.2, -0.15) is 4.98 Å². The van der Waals surface area contributed by atoms with Crippen LogP contribution in [0.15, 0.2) is 18.3 Å². The summed E-state index contributed by atoms with van der Waals surface area (Å²) in [5.74, 6) is 0.937. The van der Waals surface area contributed by atoms with Crippen LogP contribution in [0, 0.1) is 6.92 Å². The smallest absolute Gasteiger partial charge is 0.237 e. The van der Waals surface area contributed by atoms with E-state index < -0.39 is 0 Å². The number of hydrogen-bond acceptors (Lipinski definition) is 4. The van der Waals surface area contributed by atoms with Gasteiger partial charge in [0.15, 0.2) is 0 Å². The highest BCUT2D eigenvalue weighted by atomic mass is 16.5. The number of ether oxygens (including phenoxy) is 1. The number of aromatic nitrogens is 3. The minimum Gasteiger partial charge on any atom is -0.481 e. The Kier molecular flexibility index (Phi) is 3.64. The molecule has 5 nitrogen and oxygen atoms in total. The van der Waals surface area contributed by atoms with E-state index in [1.807, 2.05) is 18.2 Å². The molecular formula is C14H17N3O2. The third-order valence-corrected chi connectivity index (χ3v) is 3.06. The molecule has 5 heteroatoms. The highest BCUT2D eigenvalue weighted by Crippen LogP contribution is 2.22. The molecule has 0 aliphatic heterocycles. The fraction of sp³-hybridized carbons (Fsp3) is 0.357. The summed E-state index contributed by atoms with van der Waals surface area (Å²) in [4.78, 5) is 20.4. The summed E-state index contributed by atoms with van der Waals surface area (Å²) in [6.45, 7) is 5.82. The van der Waals surface area contributed by atoms with Crippen LogP contribution < -0.4 is 4.74 Å². The van der Waals surface area contributed by atoms with Gasteiger partial charge in [-0.3, -0.25) is 9.20 Å². The van der Waals surface area contributed by atoms with Crippen molar-refractivity contribution >= 4 is 11.6 Å². The molecule has 0 radical (unpaired) electrons. The summed E-state index contributed by atoms with van der Waals surface area (Å²) in [5.41, 5.74) is 2.41. The number of nitrogens with zero attached hydrogens (tertiary/aromatic N) is 3. The van der Waals surface area contributed by atoms with E-state index in [4.69, 9.17) is 4.74 Å². The molecule has 100 valence electrons. The molecule has 2 rings (SSSR count). The number of hydrogen-bond donors (Lipinski definition) is 0. The van der Waals surface area contributed by atoms with Crippen molar-refractivity contribution in [2.45, 2.75) is 27.2 Å². The maximum Gasteiger partial charge on any atom is 0.237 e. The van der Waals surface area contributed by atoms with E-state index in [1.54, 1.807) is 26.3 Å². The van der Waals surface area contributed by atoms with E-state index >= 15 is 0 Å². The molecule has 0 aromatic carbocycles. The van der Waals surface area contributed by atoms with Gasteiger partial charge in [-0.15, -0.1) is 0 Å². The molecule has 2 aromatic heterocycles. The van der Waals surface area contributed by atoms with Crippen molar-refractivity contribution in [1.29, 1.82) is 0 Å². The number of ketones is 1. The second-order valence-electron chi connectivity index (χ2n) is 4.20. The van der Waals surface area contributed by atoms with Gasteiger partial charge in [0.1, 0.15) is 5.69 Å². The van der Waals surface area contributed by atoms with Crippen LogP contribution in [0.3, 0.4) is 0 Å². The Hall–Kier alpha value is -2.17. The zero-order valence-electron chi connectivity index (χ0n) is 11.6. The third-order valence-electron chi connectivity index (χ3n) is 3.06. The van der Waals surface area contributed by atoms with Gasteiger partial charge in [0.05, 0.1) is 7.11 Å². The van der Waals surface area contributed by atoms with E-state index in [0.717, 1.165) is 17.7 Å². The number of carbonyl (C=O) groups is 1. The van der Waals surface area contributed by atoms with Crippen molar-refractivity contribution in [1.82, 2.24) is 14.4 Å². The van der Waals surface area contributed by atoms with Gasteiger partial charge in [0.25, 0.3) is 0 Å². The number of fused-ring (bicyclic) bond motifs is 1. The van der Waals surface area contributed by atoms with Crippen LogP contribution >= 0.6 is 0 Å². The number of aryl methyl sites for hydroxylation is 1. The van der Waals surface area contributed by atoms with Gasteiger partial charge in [-0.1, -0.05) is 13.0 Å². The first-order valence-electron chi connectivity index (χ1n) is 6.22. The lowest BCUT2D eigenvalue weighted by Gasteiger charge is -2.10. The lowest BCUT2D eigenvalue weighted by atomic mass is 10.2. The number of rotatable bonds is 4. The number of methoxy groups -OCH3 is 1. The van der Waals surface area contributed by atoms with Crippen molar-refractivity contribution in [3.63, 3.8) is 0 Å². The Labute approximate surface area is 111 Å². The minimum atomic E-state index is -0.121. The van der Waals surface area contributed by atoms with Crippen molar-refractivity contribution in [2.24, 2.45) is 0 Å². The highest BCUT2D eigenvalue weighted by molar-refractivity contribution is 6.03. The second-order valence-corrected chi connectivity index (χ2v) is 4.20. The van der Waals surface area contributed by atoms with E-state index in [9.17, 15) is 4.79 Å². The topological polar surface area (TPSA) is 56.5 Å². The van der Waals surface area contributed by atoms with Crippen molar-refractivity contribution in [2.75, 3.05) is 7.11 Å². The Balaban J connectivity index is 2.66. The summed E-state index contributed by atoms with van der Waals surface area (Å²) >= 11 is 0. The molecule has 0 atom stereocenters. The molecule has 0 spiro atoms. The van der Waals surface area contributed by atoms with Crippen molar-refractivity contribution < 1.29 is 9.53 Å². The fourth-order valence-corrected chi connectivity index (χ4v) is 2.09. The van der Waals surface area contributed by atoms with E-state index in [-0.39, 0.29) is 5.78 Å². The third kappa shape index (κ3) is 2.23. The number of allylic oxidation sites excluding steroid dienone is 2. The standard InChI is InChI=1S/C14H17N3O2/c1-5-7-12(18)11-8-17-9(3)10(6-2)13(19-4)16-14(17)15-11/h5,7-8H,6H2,1-4H3. The molecule has 0 bridgehead atoms. The molecule has 2 heterocycles. The van der Waals surface area contributed by atoms with Crippen molar-refractivity contribution in [3.8, 4) is 5.88 Å². The average molecular weight is 259 g/mol.